The molecule has 0 aliphatic carbocycles. The van der Waals surface area contributed by atoms with E-state index in [9.17, 15) is 0 Å². The molecule has 0 amide bonds. The summed E-state index contributed by atoms with van der Waals surface area (Å²) in [6.07, 6.45) is 3.65. The third-order valence-electron chi connectivity index (χ3n) is 4.56. The number of halogens is 2. The molecule has 0 radical (unpaired) electrons. The summed E-state index contributed by atoms with van der Waals surface area (Å²) in [6, 6.07) is 9.73. The van der Waals surface area contributed by atoms with Gasteiger partial charge in [-0.05, 0) is 59.9 Å². The summed E-state index contributed by atoms with van der Waals surface area (Å²) < 4.78 is 2.34. The van der Waals surface area contributed by atoms with E-state index in [1.807, 2.05) is 36.7 Å². The van der Waals surface area contributed by atoms with E-state index >= 15 is 0 Å². The van der Waals surface area contributed by atoms with E-state index in [1.54, 1.807) is 17.8 Å². The number of aromatic nitrogens is 2. The van der Waals surface area contributed by atoms with Crippen LogP contribution in [0.3, 0.4) is 0 Å². The molecule has 6 heteroatoms. The normalized spacial score (nSPS) is 11.4. The van der Waals surface area contributed by atoms with Gasteiger partial charge in [0.25, 0.3) is 0 Å². The van der Waals surface area contributed by atoms with Crippen LogP contribution in [0, 0.1) is 6.92 Å². The molecule has 142 valence electrons. The third kappa shape index (κ3) is 4.52. The van der Waals surface area contributed by atoms with Gasteiger partial charge in [0.15, 0.2) is 0 Å². The average Bonchev–Trinajstić information content (AvgIpc) is 2.87. The monoisotopic (exact) mass is 419 g/mol. The number of hydrogen-bond donors (Lipinski definition) is 1. The Morgan fingerprint density at radius 2 is 1.74 bits per heavy atom. The van der Waals surface area contributed by atoms with Gasteiger partial charge in [-0.2, -0.15) is 0 Å². The third-order valence-corrected chi connectivity index (χ3v) is 6.11. The second-order valence-corrected chi connectivity index (χ2v) is 8.73. The standard InChI is InChI=1S/C21H23Cl2N3S/c1-13(2)20-19(11-24)14(3)26(12-15-4-6-25-7-5-15)21(20)27-18-9-16(22)8-17(23)10-18/h4-10,13H,11-12,24H2,1-3H3. The Balaban J connectivity index is 2.13. The van der Waals surface area contributed by atoms with Crippen molar-refractivity contribution in [3.05, 3.63) is 75.2 Å². The lowest BCUT2D eigenvalue weighted by Crippen LogP contribution is -2.05. The molecule has 3 rings (SSSR count). The van der Waals surface area contributed by atoms with Crippen molar-refractivity contribution in [2.24, 2.45) is 5.73 Å². The molecule has 2 heterocycles. The predicted molar refractivity (Wildman–Crippen MR) is 115 cm³/mol. The van der Waals surface area contributed by atoms with Crippen molar-refractivity contribution >= 4 is 35.0 Å². The fraction of sp³-hybridized carbons (Fsp3) is 0.286. The van der Waals surface area contributed by atoms with E-state index in [2.05, 4.69) is 30.3 Å². The lowest BCUT2D eigenvalue weighted by Gasteiger charge is -2.15. The lowest BCUT2D eigenvalue weighted by molar-refractivity contribution is 0.689. The van der Waals surface area contributed by atoms with Gasteiger partial charge in [0.2, 0.25) is 0 Å². The Morgan fingerprint density at radius 3 is 2.30 bits per heavy atom. The van der Waals surface area contributed by atoms with E-state index < -0.39 is 0 Å². The smallest absolute Gasteiger partial charge is 0.0840 e. The van der Waals surface area contributed by atoms with Crippen LogP contribution >= 0.6 is 35.0 Å². The zero-order valence-electron chi connectivity index (χ0n) is 15.7. The second-order valence-electron chi connectivity index (χ2n) is 6.79. The number of rotatable bonds is 6. The molecular weight excluding hydrogens is 397 g/mol. The summed E-state index contributed by atoms with van der Waals surface area (Å²) in [4.78, 5) is 5.14. The molecule has 0 bridgehead atoms. The highest BCUT2D eigenvalue weighted by molar-refractivity contribution is 7.99. The van der Waals surface area contributed by atoms with Crippen LogP contribution in [-0.2, 0) is 13.1 Å². The Morgan fingerprint density at radius 1 is 1.11 bits per heavy atom. The van der Waals surface area contributed by atoms with Crippen molar-refractivity contribution in [3.8, 4) is 0 Å². The molecule has 0 atom stereocenters. The Labute approximate surface area is 174 Å². The van der Waals surface area contributed by atoms with Crippen molar-refractivity contribution in [1.82, 2.24) is 9.55 Å². The lowest BCUT2D eigenvalue weighted by atomic mass is 10.0. The summed E-state index contributed by atoms with van der Waals surface area (Å²) in [5, 5.41) is 2.47. The molecule has 0 aliphatic rings. The van der Waals surface area contributed by atoms with Crippen LogP contribution < -0.4 is 5.73 Å². The number of nitrogens with zero attached hydrogens (tertiary/aromatic N) is 2. The van der Waals surface area contributed by atoms with Crippen LogP contribution in [0.1, 0.15) is 42.1 Å². The van der Waals surface area contributed by atoms with Gasteiger partial charge in [-0.25, -0.2) is 0 Å². The van der Waals surface area contributed by atoms with Gasteiger partial charge in [0.1, 0.15) is 0 Å². The molecule has 0 saturated carbocycles. The highest BCUT2D eigenvalue weighted by Crippen LogP contribution is 2.41. The zero-order valence-corrected chi connectivity index (χ0v) is 18.0. The molecule has 0 spiro atoms. The first-order valence-corrected chi connectivity index (χ1v) is 10.4. The van der Waals surface area contributed by atoms with Crippen LogP contribution in [0.25, 0.3) is 0 Å². The van der Waals surface area contributed by atoms with Crippen LogP contribution in [0.5, 0.6) is 0 Å². The summed E-state index contributed by atoms with van der Waals surface area (Å²) in [5.41, 5.74) is 11.0. The average molecular weight is 420 g/mol. The molecule has 2 N–H and O–H groups in total. The fourth-order valence-corrected chi connectivity index (χ4v) is 5.34. The number of pyridine rings is 1. The minimum Gasteiger partial charge on any atom is -0.335 e. The van der Waals surface area contributed by atoms with E-state index in [0.717, 1.165) is 11.4 Å². The van der Waals surface area contributed by atoms with Crippen LogP contribution in [0.4, 0.5) is 0 Å². The first kappa shape index (κ1) is 20.3. The van der Waals surface area contributed by atoms with Gasteiger partial charge >= 0.3 is 0 Å². The molecule has 1 aromatic carbocycles. The topological polar surface area (TPSA) is 43.8 Å². The van der Waals surface area contributed by atoms with E-state index in [1.165, 1.54) is 27.4 Å². The molecule has 0 saturated heterocycles. The van der Waals surface area contributed by atoms with Gasteiger partial charge < -0.3 is 10.3 Å². The van der Waals surface area contributed by atoms with Gasteiger partial charge in [-0.3, -0.25) is 4.98 Å². The Hall–Kier alpha value is -1.46. The molecule has 3 aromatic rings. The first-order chi connectivity index (χ1) is 12.9. The summed E-state index contributed by atoms with van der Waals surface area (Å²) in [6.45, 7) is 7.85. The Bertz CT molecular complexity index is 916. The summed E-state index contributed by atoms with van der Waals surface area (Å²) in [5.74, 6) is 0.359. The van der Waals surface area contributed by atoms with Gasteiger partial charge in [0.05, 0.1) is 5.03 Å². The minimum absolute atomic E-state index is 0.359. The van der Waals surface area contributed by atoms with Gasteiger partial charge in [-0.1, -0.05) is 48.8 Å². The number of hydrogen-bond acceptors (Lipinski definition) is 3. The Kier molecular flexibility index (Phi) is 6.53. The van der Waals surface area contributed by atoms with Crippen molar-refractivity contribution in [2.45, 2.75) is 49.7 Å². The van der Waals surface area contributed by atoms with Crippen molar-refractivity contribution < 1.29 is 0 Å². The van der Waals surface area contributed by atoms with Crippen molar-refractivity contribution in [3.63, 3.8) is 0 Å². The SMILES string of the molecule is Cc1c(CN)c(C(C)C)c(Sc2cc(Cl)cc(Cl)c2)n1Cc1ccncc1. The van der Waals surface area contributed by atoms with Crippen LogP contribution in [0.15, 0.2) is 52.6 Å². The van der Waals surface area contributed by atoms with E-state index in [0.29, 0.717) is 22.5 Å². The van der Waals surface area contributed by atoms with E-state index in [4.69, 9.17) is 28.9 Å². The van der Waals surface area contributed by atoms with E-state index in [-0.39, 0.29) is 0 Å². The first-order valence-electron chi connectivity index (χ1n) is 8.85. The molecule has 2 aromatic heterocycles. The molecule has 27 heavy (non-hydrogen) atoms. The molecular formula is C21H23Cl2N3S. The zero-order chi connectivity index (χ0) is 19.6. The largest absolute Gasteiger partial charge is 0.335 e. The molecule has 0 aliphatic heterocycles. The summed E-state index contributed by atoms with van der Waals surface area (Å²) in [7, 11) is 0. The fourth-order valence-electron chi connectivity index (χ4n) is 3.31. The predicted octanol–water partition coefficient (Wildman–Crippen LogP) is 6.28. The molecule has 0 unspecified atom stereocenters. The van der Waals surface area contributed by atoms with Gasteiger partial charge in [0, 0.05) is 46.1 Å². The quantitative estimate of drug-likeness (QED) is 0.510. The second kappa shape index (κ2) is 8.70. The number of nitrogens with two attached hydrogens (primary N) is 1. The molecule has 3 nitrogen and oxygen atoms in total. The number of benzene rings is 1. The van der Waals surface area contributed by atoms with Crippen molar-refractivity contribution in [1.29, 1.82) is 0 Å². The maximum Gasteiger partial charge on any atom is 0.0840 e. The van der Waals surface area contributed by atoms with Crippen LogP contribution in [-0.4, -0.2) is 9.55 Å². The van der Waals surface area contributed by atoms with Crippen LogP contribution in [0.2, 0.25) is 10.0 Å². The summed E-state index contributed by atoms with van der Waals surface area (Å²) >= 11 is 14.1. The minimum atomic E-state index is 0.359. The maximum atomic E-state index is 6.22. The molecule has 0 fully saturated rings. The highest BCUT2D eigenvalue weighted by atomic mass is 35.5. The van der Waals surface area contributed by atoms with Gasteiger partial charge in [-0.15, -0.1) is 0 Å². The highest BCUT2D eigenvalue weighted by Gasteiger charge is 2.23. The maximum absolute atomic E-state index is 6.22. The van der Waals surface area contributed by atoms with Crippen molar-refractivity contribution in [2.75, 3.05) is 0 Å².